The van der Waals surface area contributed by atoms with Crippen molar-refractivity contribution in [3.05, 3.63) is 35.4 Å². The van der Waals surface area contributed by atoms with Gasteiger partial charge in [0.25, 0.3) is 0 Å². The number of amides is 3. The molecule has 1 N–H and O–H groups in total. The maximum atomic E-state index is 11.8. The van der Waals surface area contributed by atoms with Gasteiger partial charge in [0.2, 0.25) is 5.91 Å². The van der Waals surface area contributed by atoms with Crippen LogP contribution in [0.5, 0.6) is 0 Å². The van der Waals surface area contributed by atoms with Crippen molar-refractivity contribution in [1.82, 2.24) is 10.2 Å². The van der Waals surface area contributed by atoms with Crippen molar-refractivity contribution < 1.29 is 19.1 Å². The number of benzene rings is 1. The maximum absolute atomic E-state index is 11.8. The second-order valence-corrected chi connectivity index (χ2v) is 5.33. The van der Waals surface area contributed by atoms with E-state index in [4.69, 9.17) is 4.74 Å². The second kappa shape index (κ2) is 6.39. The van der Waals surface area contributed by atoms with E-state index in [0.29, 0.717) is 12.2 Å². The molecular formula is C15H18N2O4. The molecule has 21 heavy (non-hydrogen) atoms. The van der Waals surface area contributed by atoms with Crippen LogP contribution in [0, 0.1) is 5.92 Å². The summed E-state index contributed by atoms with van der Waals surface area (Å²) in [7, 11) is 0. The van der Waals surface area contributed by atoms with Gasteiger partial charge in [-0.15, -0.1) is 0 Å². The normalized spacial score (nSPS) is 14.5. The molecule has 1 aromatic carbocycles. The minimum Gasteiger partial charge on any atom is -0.462 e. The standard InChI is InChI=1S/C15H18N2O4/c1-10(2)9-21-14(19)12-5-3-11(4-6-12)8-17-13(18)7-16-15(17)20/h3-6,10H,7-9H2,1-2H3,(H,16,20). The first kappa shape index (κ1) is 15.0. The summed E-state index contributed by atoms with van der Waals surface area (Å²) < 4.78 is 5.13. The number of urea groups is 1. The van der Waals surface area contributed by atoms with Crippen LogP contribution < -0.4 is 5.32 Å². The zero-order valence-corrected chi connectivity index (χ0v) is 12.1. The minimum absolute atomic E-state index is 0.0401. The van der Waals surface area contributed by atoms with Gasteiger partial charge in [0.05, 0.1) is 25.3 Å². The molecule has 0 atom stereocenters. The number of nitrogens with one attached hydrogen (secondary N) is 1. The molecule has 6 heteroatoms. The van der Waals surface area contributed by atoms with E-state index >= 15 is 0 Å². The summed E-state index contributed by atoms with van der Waals surface area (Å²) in [4.78, 5) is 35.8. The fourth-order valence-corrected chi connectivity index (χ4v) is 1.87. The summed E-state index contributed by atoms with van der Waals surface area (Å²) in [5, 5.41) is 2.46. The molecule has 1 aliphatic rings. The van der Waals surface area contributed by atoms with E-state index in [-0.39, 0.29) is 36.9 Å². The van der Waals surface area contributed by atoms with Gasteiger partial charge < -0.3 is 10.1 Å². The van der Waals surface area contributed by atoms with Crippen LogP contribution in [0.2, 0.25) is 0 Å². The Kier molecular flexibility index (Phi) is 4.57. The topological polar surface area (TPSA) is 75.7 Å². The Bertz CT molecular complexity index is 535. The highest BCUT2D eigenvalue weighted by Crippen LogP contribution is 2.11. The number of hydrogen-bond donors (Lipinski definition) is 1. The molecule has 1 aromatic rings. The van der Waals surface area contributed by atoms with E-state index in [1.807, 2.05) is 13.8 Å². The Hall–Kier alpha value is -2.37. The number of esters is 1. The van der Waals surface area contributed by atoms with Crippen LogP contribution in [-0.2, 0) is 16.1 Å². The van der Waals surface area contributed by atoms with Gasteiger partial charge in [-0.3, -0.25) is 9.69 Å². The zero-order valence-electron chi connectivity index (χ0n) is 12.1. The summed E-state index contributed by atoms with van der Waals surface area (Å²) in [6, 6.07) is 6.31. The summed E-state index contributed by atoms with van der Waals surface area (Å²) >= 11 is 0. The van der Waals surface area contributed by atoms with Crippen LogP contribution in [0.1, 0.15) is 29.8 Å². The molecule has 0 saturated carbocycles. The van der Waals surface area contributed by atoms with E-state index in [2.05, 4.69) is 5.32 Å². The van der Waals surface area contributed by atoms with Gasteiger partial charge in [-0.1, -0.05) is 26.0 Å². The minimum atomic E-state index is -0.389. The zero-order chi connectivity index (χ0) is 15.4. The van der Waals surface area contributed by atoms with Gasteiger partial charge in [0.1, 0.15) is 0 Å². The SMILES string of the molecule is CC(C)COC(=O)c1ccc(CN2C(=O)CNC2=O)cc1. The van der Waals surface area contributed by atoms with Crippen LogP contribution in [0.3, 0.4) is 0 Å². The van der Waals surface area contributed by atoms with Crippen LogP contribution >= 0.6 is 0 Å². The quantitative estimate of drug-likeness (QED) is 0.659. The Labute approximate surface area is 123 Å². The number of nitrogens with zero attached hydrogens (tertiary/aromatic N) is 1. The number of carbonyl (C=O) groups is 3. The molecule has 0 radical (unpaired) electrons. The largest absolute Gasteiger partial charge is 0.462 e. The number of imide groups is 1. The first-order chi connectivity index (χ1) is 9.97. The molecule has 2 rings (SSSR count). The fraction of sp³-hybridized carbons (Fsp3) is 0.400. The highest BCUT2D eigenvalue weighted by atomic mass is 16.5. The summed E-state index contributed by atoms with van der Waals surface area (Å²) in [6.45, 7) is 4.55. The van der Waals surface area contributed by atoms with E-state index in [9.17, 15) is 14.4 Å². The van der Waals surface area contributed by atoms with Crippen molar-refractivity contribution in [2.24, 2.45) is 5.92 Å². The van der Waals surface area contributed by atoms with Crippen molar-refractivity contribution in [3.8, 4) is 0 Å². The number of carbonyl (C=O) groups excluding carboxylic acids is 3. The van der Waals surface area contributed by atoms with Gasteiger partial charge in [-0.25, -0.2) is 9.59 Å². The summed E-state index contributed by atoms with van der Waals surface area (Å²) in [5.74, 6) is -0.335. The molecule has 0 bridgehead atoms. The average molecular weight is 290 g/mol. The summed E-state index contributed by atoms with van der Waals surface area (Å²) in [5.41, 5.74) is 1.23. The Balaban J connectivity index is 1.97. The van der Waals surface area contributed by atoms with E-state index < -0.39 is 0 Å². The van der Waals surface area contributed by atoms with Gasteiger partial charge in [0.15, 0.2) is 0 Å². The molecule has 0 aromatic heterocycles. The molecule has 112 valence electrons. The molecule has 1 saturated heterocycles. The molecule has 3 amide bonds. The highest BCUT2D eigenvalue weighted by molar-refractivity contribution is 6.01. The third kappa shape index (κ3) is 3.81. The maximum Gasteiger partial charge on any atom is 0.338 e. The van der Waals surface area contributed by atoms with Crippen molar-refractivity contribution >= 4 is 17.9 Å². The van der Waals surface area contributed by atoms with Crippen LogP contribution in [0.4, 0.5) is 4.79 Å². The molecule has 0 aliphatic carbocycles. The first-order valence-corrected chi connectivity index (χ1v) is 6.81. The molecule has 1 aliphatic heterocycles. The molecular weight excluding hydrogens is 272 g/mol. The Morgan fingerprint density at radius 1 is 1.29 bits per heavy atom. The van der Waals surface area contributed by atoms with Crippen LogP contribution in [0.15, 0.2) is 24.3 Å². The molecule has 0 spiro atoms. The number of hydrogen-bond acceptors (Lipinski definition) is 4. The lowest BCUT2D eigenvalue weighted by Crippen LogP contribution is -2.30. The highest BCUT2D eigenvalue weighted by Gasteiger charge is 2.28. The van der Waals surface area contributed by atoms with E-state index in [1.165, 1.54) is 0 Å². The number of rotatable bonds is 5. The Morgan fingerprint density at radius 3 is 2.48 bits per heavy atom. The lowest BCUT2D eigenvalue weighted by Gasteiger charge is -2.12. The predicted molar refractivity (Wildman–Crippen MR) is 75.5 cm³/mol. The lowest BCUT2D eigenvalue weighted by atomic mass is 10.1. The first-order valence-electron chi connectivity index (χ1n) is 6.81. The van der Waals surface area contributed by atoms with Gasteiger partial charge in [-0.05, 0) is 23.6 Å². The van der Waals surface area contributed by atoms with Crippen LogP contribution in [0.25, 0.3) is 0 Å². The van der Waals surface area contributed by atoms with Crippen molar-refractivity contribution in [3.63, 3.8) is 0 Å². The molecule has 1 fully saturated rings. The second-order valence-electron chi connectivity index (χ2n) is 5.33. The van der Waals surface area contributed by atoms with Crippen molar-refractivity contribution in [1.29, 1.82) is 0 Å². The van der Waals surface area contributed by atoms with Gasteiger partial charge >= 0.3 is 12.0 Å². The van der Waals surface area contributed by atoms with Gasteiger partial charge in [0, 0.05) is 0 Å². The molecule has 1 heterocycles. The number of ether oxygens (including phenoxy) is 1. The summed E-state index contributed by atoms with van der Waals surface area (Å²) in [6.07, 6.45) is 0. The van der Waals surface area contributed by atoms with Crippen molar-refractivity contribution in [2.75, 3.05) is 13.2 Å². The molecule has 0 unspecified atom stereocenters. The lowest BCUT2D eigenvalue weighted by molar-refractivity contribution is -0.125. The monoisotopic (exact) mass is 290 g/mol. The van der Waals surface area contributed by atoms with Crippen LogP contribution in [-0.4, -0.2) is 36.0 Å². The Morgan fingerprint density at radius 2 is 1.95 bits per heavy atom. The average Bonchev–Trinajstić information content (AvgIpc) is 2.77. The van der Waals surface area contributed by atoms with Crippen molar-refractivity contribution in [2.45, 2.75) is 20.4 Å². The molecule has 6 nitrogen and oxygen atoms in total. The third-order valence-electron chi connectivity index (χ3n) is 3.02. The smallest absolute Gasteiger partial charge is 0.338 e. The van der Waals surface area contributed by atoms with E-state index in [0.717, 1.165) is 10.5 Å². The van der Waals surface area contributed by atoms with Gasteiger partial charge in [-0.2, -0.15) is 0 Å². The van der Waals surface area contributed by atoms with E-state index in [1.54, 1.807) is 24.3 Å². The third-order valence-corrected chi connectivity index (χ3v) is 3.02. The predicted octanol–water partition coefficient (Wildman–Crippen LogP) is 1.55. The fourth-order valence-electron chi connectivity index (χ4n) is 1.87.